The van der Waals surface area contributed by atoms with Crippen LogP contribution in [0.2, 0.25) is 0 Å². The predicted octanol–water partition coefficient (Wildman–Crippen LogP) is 1.90. The van der Waals surface area contributed by atoms with Gasteiger partial charge >= 0.3 is 0 Å². The molecular weight excluding hydrogens is 178 g/mol. The largest absolute Gasteiger partial charge is 0.380 e. The van der Waals surface area contributed by atoms with E-state index >= 15 is 0 Å². The van der Waals surface area contributed by atoms with Crippen molar-refractivity contribution < 1.29 is 9.53 Å². The standard InChI is InChI=1S/C11H11NO2/c1-14-8-9-6-10-4-2-3-5-12(10)11(9)7-13/h2-7H,8H2,1H3. The van der Waals surface area contributed by atoms with Gasteiger partial charge in [0.2, 0.25) is 0 Å². The molecule has 0 aromatic carbocycles. The summed E-state index contributed by atoms with van der Waals surface area (Å²) in [6, 6.07) is 7.77. The molecule has 14 heavy (non-hydrogen) atoms. The number of carbonyl (C=O) groups excluding carboxylic acids is 1. The lowest BCUT2D eigenvalue weighted by molar-refractivity contribution is 0.111. The van der Waals surface area contributed by atoms with E-state index < -0.39 is 0 Å². The number of methoxy groups -OCH3 is 1. The second kappa shape index (κ2) is 3.64. The lowest BCUT2D eigenvalue weighted by atomic mass is 10.2. The van der Waals surface area contributed by atoms with Gasteiger partial charge in [-0.25, -0.2) is 0 Å². The van der Waals surface area contributed by atoms with E-state index in [4.69, 9.17) is 4.74 Å². The molecule has 2 rings (SSSR count). The van der Waals surface area contributed by atoms with Gasteiger partial charge in [0.05, 0.1) is 12.3 Å². The van der Waals surface area contributed by atoms with Crippen LogP contribution in [-0.2, 0) is 11.3 Å². The Morgan fingerprint density at radius 2 is 2.36 bits per heavy atom. The number of aromatic nitrogens is 1. The first-order chi connectivity index (χ1) is 6.86. The van der Waals surface area contributed by atoms with Crippen LogP contribution in [0.1, 0.15) is 16.1 Å². The number of hydrogen-bond acceptors (Lipinski definition) is 2. The van der Waals surface area contributed by atoms with E-state index in [1.165, 1.54) is 0 Å². The smallest absolute Gasteiger partial charge is 0.167 e. The minimum atomic E-state index is 0.468. The molecular formula is C11H11NO2. The Balaban J connectivity index is 2.65. The number of hydrogen-bond donors (Lipinski definition) is 0. The average Bonchev–Trinajstić information content (AvgIpc) is 2.55. The Morgan fingerprint density at radius 1 is 1.50 bits per heavy atom. The molecule has 0 aliphatic rings. The van der Waals surface area contributed by atoms with Gasteiger partial charge in [-0.05, 0) is 18.2 Å². The number of ether oxygens (including phenoxy) is 1. The first kappa shape index (κ1) is 8.97. The first-order valence-corrected chi connectivity index (χ1v) is 4.40. The number of aldehydes is 1. The van der Waals surface area contributed by atoms with Crippen molar-refractivity contribution in [3.05, 3.63) is 41.7 Å². The summed E-state index contributed by atoms with van der Waals surface area (Å²) in [5.41, 5.74) is 2.61. The SMILES string of the molecule is COCc1cc2ccccn2c1C=O. The number of fused-ring (bicyclic) bond motifs is 1. The van der Waals surface area contributed by atoms with Crippen molar-refractivity contribution in [3.63, 3.8) is 0 Å². The van der Waals surface area contributed by atoms with Gasteiger partial charge in [0, 0.05) is 24.4 Å². The number of rotatable bonds is 3. The van der Waals surface area contributed by atoms with Crippen LogP contribution in [0.5, 0.6) is 0 Å². The molecule has 2 aromatic heterocycles. The van der Waals surface area contributed by atoms with E-state index in [9.17, 15) is 4.79 Å². The first-order valence-electron chi connectivity index (χ1n) is 4.40. The quantitative estimate of drug-likeness (QED) is 0.690. The molecule has 0 spiro atoms. The molecule has 0 aliphatic heterocycles. The van der Waals surface area contributed by atoms with Crippen LogP contribution in [0.3, 0.4) is 0 Å². The van der Waals surface area contributed by atoms with Gasteiger partial charge in [0.25, 0.3) is 0 Å². The average molecular weight is 189 g/mol. The van der Waals surface area contributed by atoms with E-state index in [0.717, 1.165) is 17.4 Å². The van der Waals surface area contributed by atoms with Crippen LogP contribution in [0.25, 0.3) is 5.52 Å². The van der Waals surface area contributed by atoms with Gasteiger partial charge in [-0.2, -0.15) is 0 Å². The molecule has 0 aliphatic carbocycles. The molecule has 0 bridgehead atoms. The number of nitrogens with zero attached hydrogens (tertiary/aromatic N) is 1. The summed E-state index contributed by atoms with van der Waals surface area (Å²) in [4.78, 5) is 10.9. The van der Waals surface area contributed by atoms with Crippen molar-refractivity contribution >= 4 is 11.8 Å². The third-order valence-corrected chi connectivity index (χ3v) is 2.21. The zero-order valence-electron chi connectivity index (χ0n) is 7.93. The van der Waals surface area contributed by atoms with Gasteiger partial charge in [0.1, 0.15) is 0 Å². The van der Waals surface area contributed by atoms with Crippen LogP contribution in [0.15, 0.2) is 30.5 Å². The van der Waals surface area contributed by atoms with Gasteiger partial charge in [0.15, 0.2) is 6.29 Å². The fourth-order valence-electron chi connectivity index (χ4n) is 1.60. The Labute approximate surface area is 81.9 Å². The highest BCUT2D eigenvalue weighted by Gasteiger charge is 2.07. The molecule has 0 saturated carbocycles. The molecule has 3 nitrogen and oxygen atoms in total. The van der Waals surface area contributed by atoms with Crippen molar-refractivity contribution in [2.24, 2.45) is 0 Å². The summed E-state index contributed by atoms with van der Waals surface area (Å²) in [5, 5.41) is 0. The highest BCUT2D eigenvalue weighted by Crippen LogP contribution is 2.15. The van der Waals surface area contributed by atoms with Gasteiger partial charge < -0.3 is 9.14 Å². The Hall–Kier alpha value is -1.61. The van der Waals surface area contributed by atoms with Crippen molar-refractivity contribution in [2.45, 2.75) is 6.61 Å². The fourth-order valence-corrected chi connectivity index (χ4v) is 1.60. The van der Waals surface area contributed by atoms with Crippen LogP contribution in [0.4, 0.5) is 0 Å². The monoisotopic (exact) mass is 189 g/mol. The summed E-state index contributed by atoms with van der Waals surface area (Å²) < 4.78 is 6.89. The molecule has 72 valence electrons. The van der Waals surface area contributed by atoms with Crippen LogP contribution < -0.4 is 0 Å². The molecule has 0 N–H and O–H groups in total. The van der Waals surface area contributed by atoms with Crippen LogP contribution in [-0.4, -0.2) is 17.8 Å². The maximum atomic E-state index is 10.9. The fraction of sp³-hybridized carbons (Fsp3) is 0.182. The number of pyridine rings is 1. The molecule has 0 saturated heterocycles. The van der Waals surface area contributed by atoms with E-state index in [1.807, 2.05) is 34.9 Å². The Morgan fingerprint density at radius 3 is 3.07 bits per heavy atom. The number of carbonyl (C=O) groups is 1. The van der Waals surface area contributed by atoms with Crippen molar-refractivity contribution in [2.75, 3.05) is 7.11 Å². The summed E-state index contributed by atoms with van der Waals surface area (Å²) in [5.74, 6) is 0. The van der Waals surface area contributed by atoms with Gasteiger partial charge in [-0.1, -0.05) is 6.07 Å². The lowest BCUT2D eigenvalue weighted by Crippen LogP contribution is -1.95. The minimum Gasteiger partial charge on any atom is -0.380 e. The minimum absolute atomic E-state index is 0.468. The Kier molecular flexibility index (Phi) is 2.33. The van der Waals surface area contributed by atoms with Crippen molar-refractivity contribution in [3.8, 4) is 0 Å². The van der Waals surface area contributed by atoms with Crippen molar-refractivity contribution in [1.29, 1.82) is 0 Å². The molecule has 3 heteroatoms. The zero-order chi connectivity index (χ0) is 9.97. The summed E-state index contributed by atoms with van der Waals surface area (Å²) in [6.45, 7) is 0.468. The Bertz CT molecular complexity index is 459. The summed E-state index contributed by atoms with van der Waals surface area (Å²) in [6.07, 6.45) is 2.74. The molecule has 0 unspecified atom stereocenters. The third kappa shape index (κ3) is 1.32. The highest BCUT2D eigenvalue weighted by molar-refractivity contribution is 5.78. The maximum absolute atomic E-state index is 10.9. The molecule has 0 amide bonds. The zero-order valence-corrected chi connectivity index (χ0v) is 7.93. The van der Waals surface area contributed by atoms with E-state index in [0.29, 0.717) is 12.3 Å². The topological polar surface area (TPSA) is 30.7 Å². The lowest BCUT2D eigenvalue weighted by Gasteiger charge is -1.97. The second-order valence-electron chi connectivity index (χ2n) is 3.10. The molecule has 0 atom stereocenters. The van der Waals surface area contributed by atoms with Gasteiger partial charge in [-0.3, -0.25) is 4.79 Å². The van der Waals surface area contributed by atoms with Gasteiger partial charge in [-0.15, -0.1) is 0 Å². The van der Waals surface area contributed by atoms with E-state index in [-0.39, 0.29) is 0 Å². The second-order valence-corrected chi connectivity index (χ2v) is 3.10. The third-order valence-electron chi connectivity index (χ3n) is 2.21. The molecule has 0 radical (unpaired) electrons. The van der Waals surface area contributed by atoms with Crippen molar-refractivity contribution in [1.82, 2.24) is 4.40 Å². The molecule has 0 fully saturated rings. The van der Waals surface area contributed by atoms with Crippen LogP contribution in [0, 0.1) is 0 Å². The molecule has 2 aromatic rings. The highest BCUT2D eigenvalue weighted by atomic mass is 16.5. The predicted molar refractivity (Wildman–Crippen MR) is 53.5 cm³/mol. The van der Waals surface area contributed by atoms with Crippen LogP contribution >= 0.6 is 0 Å². The van der Waals surface area contributed by atoms with E-state index in [2.05, 4.69) is 0 Å². The van der Waals surface area contributed by atoms with E-state index in [1.54, 1.807) is 7.11 Å². The maximum Gasteiger partial charge on any atom is 0.167 e. The normalized spacial score (nSPS) is 10.6. The summed E-state index contributed by atoms with van der Waals surface area (Å²) in [7, 11) is 1.62. The summed E-state index contributed by atoms with van der Waals surface area (Å²) >= 11 is 0. The molecule has 2 heterocycles.